The number of hydrogen-bond donors (Lipinski definition) is 0. The van der Waals surface area contributed by atoms with Gasteiger partial charge in [0.25, 0.3) is 0 Å². The second-order valence-corrected chi connectivity index (χ2v) is 2.28. The maximum Gasteiger partial charge on any atom is 0.145 e. The first kappa shape index (κ1) is 5.54. The Kier molecular flexibility index (Phi) is 1.47. The summed E-state index contributed by atoms with van der Waals surface area (Å²) in [6.07, 6.45) is 4.31. The number of rotatable bonds is 1. The molecule has 0 spiro atoms. The van der Waals surface area contributed by atoms with Crippen molar-refractivity contribution in [1.82, 2.24) is 0 Å². The average molecular weight is 110 g/mol. The van der Waals surface area contributed by atoms with Crippen molar-refractivity contribution >= 4 is 6.29 Å². The van der Waals surface area contributed by atoms with Crippen molar-refractivity contribution in [2.24, 2.45) is 0 Å². The SMILES string of the molecule is CC1=C(C=O)CCC1. The summed E-state index contributed by atoms with van der Waals surface area (Å²) in [5, 5.41) is 0. The fourth-order valence-corrected chi connectivity index (χ4v) is 1.08. The molecular weight excluding hydrogens is 100 g/mol. The molecule has 0 aliphatic heterocycles. The van der Waals surface area contributed by atoms with Gasteiger partial charge in [-0.1, -0.05) is 5.57 Å². The first-order valence-corrected chi connectivity index (χ1v) is 2.98. The van der Waals surface area contributed by atoms with Crippen LogP contribution in [0.25, 0.3) is 0 Å². The molecule has 0 atom stereocenters. The van der Waals surface area contributed by atoms with E-state index < -0.39 is 0 Å². The largest absolute Gasteiger partial charge is 0.298 e. The predicted octanol–water partition coefficient (Wildman–Crippen LogP) is 1.69. The van der Waals surface area contributed by atoms with Gasteiger partial charge in [0.15, 0.2) is 0 Å². The van der Waals surface area contributed by atoms with Crippen molar-refractivity contribution in [3.63, 3.8) is 0 Å². The maximum absolute atomic E-state index is 10.2. The number of allylic oxidation sites excluding steroid dienone is 2. The number of carbonyl (C=O) groups is 1. The summed E-state index contributed by atoms with van der Waals surface area (Å²) in [6, 6.07) is 0. The molecule has 1 rings (SSSR count). The van der Waals surface area contributed by atoms with E-state index in [9.17, 15) is 4.79 Å². The van der Waals surface area contributed by atoms with E-state index in [1.165, 1.54) is 12.0 Å². The number of carbonyl (C=O) groups excluding carboxylic acids is 1. The molecule has 0 amide bonds. The predicted molar refractivity (Wildman–Crippen MR) is 32.6 cm³/mol. The molecule has 0 aromatic rings. The summed E-state index contributed by atoms with van der Waals surface area (Å²) in [4.78, 5) is 10.2. The van der Waals surface area contributed by atoms with Gasteiger partial charge in [-0.3, -0.25) is 4.79 Å². The Labute approximate surface area is 49.4 Å². The molecule has 44 valence electrons. The van der Waals surface area contributed by atoms with Crippen LogP contribution in [0.1, 0.15) is 26.2 Å². The van der Waals surface area contributed by atoms with Crippen LogP contribution in [0.4, 0.5) is 0 Å². The van der Waals surface area contributed by atoms with Crippen LogP contribution in [-0.4, -0.2) is 6.29 Å². The van der Waals surface area contributed by atoms with E-state index in [1.54, 1.807) is 0 Å². The molecule has 1 heteroatoms. The Bertz CT molecular complexity index is 133. The third-order valence-electron chi connectivity index (χ3n) is 1.69. The third kappa shape index (κ3) is 0.808. The molecule has 0 N–H and O–H groups in total. The molecule has 1 aliphatic rings. The van der Waals surface area contributed by atoms with Crippen molar-refractivity contribution in [1.29, 1.82) is 0 Å². The van der Waals surface area contributed by atoms with Crippen molar-refractivity contribution in [3.8, 4) is 0 Å². The van der Waals surface area contributed by atoms with Crippen LogP contribution in [0.3, 0.4) is 0 Å². The van der Waals surface area contributed by atoms with Crippen molar-refractivity contribution in [3.05, 3.63) is 11.1 Å². The van der Waals surface area contributed by atoms with Gasteiger partial charge in [-0.25, -0.2) is 0 Å². The molecule has 0 saturated heterocycles. The van der Waals surface area contributed by atoms with Gasteiger partial charge in [-0.2, -0.15) is 0 Å². The van der Waals surface area contributed by atoms with Gasteiger partial charge in [0.1, 0.15) is 6.29 Å². The first-order valence-electron chi connectivity index (χ1n) is 2.98. The second-order valence-electron chi connectivity index (χ2n) is 2.28. The van der Waals surface area contributed by atoms with Gasteiger partial charge in [0, 0.05) is 0 Å². The van der Waals surface area contributed by atoms with Crippen molar-refractivity contribution < 1.29 is 4.79 Å². The highest BCUT2D eigenvalue weighted by molar-refractivity contribution is 5.75. The monoisotopic (exact) mass is 110 g/mol. The van der Waals surface area contributed by atoms with Crippen LogP contribution in [0.5, 0.6) is 0 Å². The van der Waals surface area contributed by atoms with Gasteiger partial charge in [0.05, 0.1) is 0 Å². The molecule has 1 nitrogen and oxygen atoms in total. The molecule has 0 unspecified atom stereocenters. The minimum absolute atomic E-state index is 0.988. The number of hydrogen-bond acceptors (Lipinski definition) is 1. The fourth-order valence-electron chi connectivity index (χ4n) is 1.08. The lowest BCUT2D eigenvalue weighted by Gasteiger charge is -1.86. The zero-order valence-corrected chi connectivity index (χ0v) is 5.11. The summed E-state index contributed by atoms with van der Waals surface area (Å²) in [5.74, 6) is 0. The summed E-state index contributed by atoms with van der Waals surface area (Å²) >= 11 is 0. The highest BCUT2D eigenvalue weighted by Gasteiger charge is 2.07. The lowest BCUT2D eigenvalue weighted by atomic mass is 10.2. The van der Waals surface area contributed by atoms with E-state index in [1.807, 2.05) is 6.92 Å². The highest BCUT2D eigenvalue weighted by atomic mass is 16.1. The minimum atomic E-state index is 0.988. The summed E-state index contributed by atoms with van der Waals surface area (Å²) in [6.45, 7) is 2.04. The molecule has 0 radical (unpaired) electrons. The Balaban J connectivity index is 2.72. The van der Waals surface area contributed by atoms with E-state index in [4.69, 9.17) is 0 Å². The lowest BCUT2D eigenvalue weighted by molar-refractivity contribution is -0.105. The van der Waals surface area contributed by atoms with Crippen molar-refractivity contribution in [2.45, 2.75) is 26.2 Å². The standard InChI is InChI=1S/C7H10O/c1-6-3-2-4-7(6)5-8/h5H,2-4H2,1H3. The van der Waals surface area contributed by atoms with Gasteiger partial charge in [-0.05, 0) is 31.8 Å². The summed E-state index contributed by atoms with van der Waals surface area (Å²) in [5.41, 5.74) is 2.32. The number of aldehydes is 1. The third-order valence-corrected chi connectivity index (χ3v) is 1.69. The molecule has 8 heavy (non-hydrogen) atoms. The fraction of sp³-hybridized carbons (Fsp3) is 0.571. The first-order chi connectivity index (χ1) is 3.84. The zero-order valence-electron chi connectivity index (χ0n) is 5.11. The van der Waals surface area contributed by atoms with E-state index in [0.717, 1.165) is 24.7 Å². The van der Waals surface area contributed by atoms with Gasteiger partial charge in [-0.15, -0.1) is 0 Å². The molecule has 1 aliphatic carbocycles. The highest BCUT2D eigenvalue weighted by Crippen LogP contribution is 2.22. The van der Waals surface area contributed by atoms with Gasteiger partial charge < -0.3 is 0 Å². The van der Waals surface area contributed by atoms with Crippen LogP contribution in [0, 0.1) is 0 Å². The molecule has 0 saturated carbocycles. The van der Waals surface area contributed by atoms with E-state index >= 15 is 0 Å². The topological polar surface area (TPSA) is 17.1 Å². The average Bonchev–Trinajstić information content (AvgIpc) is 2.14. The molecular formula is C7H10O. The summed E-state index contributed by atoms with van der Waals surface area (Å²) < 4.78 is 0. The maximum atomic E-state index is 10.2. The Morgan fingerprint density at radius 2 is 2.25 bits per heavy atom. The molecule has 0 aromatic heterocycles. The van der Waals surface area contributed by atoms with Crippen LogP contribution in [0.2, 0.25) is 0 Å². The van der Waals surface area contributed by atoms with Crippen LogP contribution < -0.4 is 0 Å². The molecule has 0 fully saturated rings. The lowest BCUT2D eigenvalue weighted by Crippen LogP contribution is -1.78. The molecule has 0 heterocycles. The zero-order chi connectivity index (χ0) is 5.98. The van der Waals surface area contributed by atoms with E-state index in [0.29, 0.717) is 0 Å². The normalized spacial score (nSPS) is 19.6. The van der Waals surface area contributed by atoms with E-state index in [2.05, 4.69) is 0 Å². The Hall–Kier alpha value is -0.590. The summed E-state index contributed by atoms with van der Waals surface area (Å²) in [7, 11) is 0. The van der Waals surface area contributed by atoms with Crippen molar-refractivity contribution in [2.75, 3.05) is 0 Å². The smallest absolute Gasteiger partial charge is 0.145 e. The molecule has 0 bridgehead atoms. The van der Waals surface area contributed by atoms with Crippen LogP contribution in [0.15, 0.2) is 11.1 Å². The molecule has 0 aromatic carbocycles. The van der Waals surface area contributed by atoms with E-state index in [-0.39, 0.29) is 0 Å². The van der Waals surface area contributed by atoms with Gasteiger partial charge in [0.2, 0.25) is 0 Å². The minimum Gasteiger partial charge on any atom is -0.298 e. The quantitative estimate of drug-likeness (QED) is 0.469. The van der Waals surface area contributed by atoms with Crippen LogP contribution in [-0.2, 0) is 4.79 Å². The second kappa shape index (κ2) is 2.12. The van der Waals surface area contributed by atoms with Crippen LogP contribution >= 0.6 is 0 Å². The Morgan fingerprint density at radius 1 is 1.50 bits per heavy atom. The van der Waals surface area contributed by atoms with Gasteiger partial charge >= 0.3 is 0 Å². The Morgan fingerprint density at radius 3 is 2.50 bits per heavy atom.